The molecule has 0 aliphatic carbocycles. The fourth-order valence-electron chi connectivity index (χ4n) is 3.81. The van der Waals surface area contributed by atoms with Crippen LogP contribution in [0.3, 0.4) is 0 Å². The van der Waals surface area contributed by atoms with Crippen LogP contribution in [0.5, 0.6) is 5.75 Å². The largest absolute Gasteiger partial charge is 0.486 e. The molecule has 0 unspecified atom stereocenters. The van der Waals surface area contributed by atoms with Crippen LogP contribution in [0.4, 0.5) is 5.69 Å². The van der Waals surface area contributed by atoms with Gasteiger partial charge >= 0.3 is 0 Å². The fraction of sp³-hybridized carbons (Fsp3) is 0.300. The average molecular weight is 407 g/mol. The molecule has 2 N–H and O–H groups in total. The van der Waals surface area contributed by atoms with E-state index in [1.54, 1.807) is 17.4 Å². The van der Waals surface area contributed by atoms with Gasteiger partial charge < -0.3 is 14.1 Å². The smallest absolute Gasteiger partial charge is 0.256 e. The molecule has 154 valence electrons. The molecule has 2 aliphatic rings. The van der Waals surface area contributed by atoms with E-state index in [0.29, 0.717) is 34.8 Å². The molecule has 0 spiro atoms. The molecule has 10 nitrogen and oxygen atoms in total. The lowest BCUT2D eigenvalue weighted by Gasteiger charge is -2.38. The number of oxazole rings is 1. The molecule has 30 heavy (non-hydrogen) atoms. The van der Waals surface area contributed by atoms with E-state index < -0.39 is 0 Å². The highest BCUT2D eigenvalue weighted by molar-refractivity contribution is 6.00. The van der Waals surface area contributed by atoms with Crippen LogP contribution in [0, 0.1) is 0 Å². The van der Waals surface area contributed by atoms with Crippen molar-refractivity contribution < 1.29 is 13.9 Å². The maximum atomic E-state index is 13.5. The summed E-state index contributed by atoms with van der Waals surface area (Å²) in [6.07, 6.45) is 6.04. The fourth-order valence-corrected chi connectivity index (χ4v) is 3.81. The number of amides is 1. The average Bonchev–Trinajstić information content (AvgIpc) is 3.47. The third-order valence-corrected chi connectivity index (χ3v) is 5.38. The van der Waals surface area contributed by atoms with Crippen molar-refractivity contribution in [1.29, 1.82) is 0 Å². The normalized spacial score (nSPS) is 20.8. The number of anilines is 1. The number of para-hydroxylation sites is 1. The number of rotatable bonds is 4. The van der Waals surface area contributed by atoms with E-state index in [2.05, 4.69) is 33.0 Å². The zero-order valence-corrected chi connectivity index (χ0v) is 16.4. The van der Waals surface area contributed by atoms with Crippen molar-refractivity contribution in [1.82, 2.24) is 25.8 Å². The van der Waals surface area contributed by atoms with Gasteiger partial charge in [0.1, 0.15) is 12.4 Å². The number of nitrogens with one attached hydrogen (secondary N) is 2. The number of nitrogens with zero attached hydrogens (tertiary/aromatic N) is 5. The van der Waals surface area contributed by atoms with Crippen molar-refractivity contribution in [2.45, 2.75) is 31.9 Å². The van der Waals surface area contributed by atoms with Crippen molar-refractivity contribution >= 4 is 29.2 Å². The number of pyridine rings is 1. The van der Waals surface area contributed by atoms with Crippen molar-refractivity contribution in [3.8, 4) is 5.75 Å². The summed E-state index contributed by atoms with van der Waals surface area (Å²) in [5, 5.41) is 5.53. The zero-order chi connectivity index (χ0) is 20.5. The lowest BCUT2D eigenvalue weighted by molar-refractivity contribution is 0.0388. The Kier molecular flexibility index (Phi) is 4.58. The molecule has 2 aromatic heterocycles. The third kappa shape index (κ3) is 3.25. The van der Waals surface area contributed by atoms with Gasteiger partial charge in [-0.3, -0.25) is 10.2 Å². The second kappa shape index (κ2) is 7.54. The van der Waals surface area contributed by atoms with Crippen molar-refractivity contribution in [2.75, 3.05) is 11.7 Å². The predicted octanol–water partition coefficient (Wildman–Crippen LogP) is 2.07. The Morgan fingerprint density at radius 2 is 2.13 bits per heavy atom. The monoisotopic (exact) mass is 407 g/mol. The number of hydrazone groups is 1. The van der Waals surface area contributed by atoms with E-state index in [4.69, 9.17) is 9.15 Å². The number of ether oxygens (including phenoxy) is 1. The first-order valence-corrected chi connectivity index (χ1v) is 9.79. The van der Waals surface area contributed by atoms with E-state index in [1.165, 1.54) is 12.7 Å². The quantitative estimate of drug-likeness (QED) is 0.677. The van der Waals surface area contributed by atoms with Gasteiger partial charge in [0.2, 0.25) is 0 Å². The minimum absolute atomic E-state index is 0.0526. The third-order valence-electron chi connectivity index (χ3n) is 5.38. The van der Waals surface area contributed by atoms with Gasteiger partial charge in [-0.2, -0.15) is 10.7 Å². The summed E-state index contributed by atoms with van der Waals surface area (Å²) < 4.78 is 11.5. The van der Waals surface area contributed by atoms with E-state index in [0.717, 1.165) is 12.8 Å². The maximum Gasteiger partial charge on any atom is 0.256 e. The standard InChI is InChI=1S/C20H21N7O3/c1-13-6-7-14(30-17-8-9-21-19-18(17)22-12-29-19)10-26(13)20(28)15-4-2-3-5-16(15)27-24-11-23-25-27/h2-5,8-9,11-14,25H,6-7,10H2,1H3,(H,23,24)/t13-,14-/m1/s1. The van der Waals surface area contributed by atoms with Crippen LogP contribution < -0.4 is 20.8 Å². The molecule has 3 aromatic rings. The van der Waals surface area contributed by atoms with E-state index >= 15 is 0 Å². The van der Waals surface area contributed by atoms with Crippen LogP contribution in [0.2, 0.25) is 0 Å². The molecule has 1 amide bonds. The number of carbonyl (C=O) groups excluding carboxylic acids is 1. The Hall–Kier alpha value is -3.82. The van der Waals surface area contributed by atoms with Gasteiger partial charge in [-0.1, -0.05) is 12.1 Å². The number of fused-ring (bicyclic) bond motifs is 1. The van der Waals surface area contributed by atoms with E-state index in [1.807, 2.05) is 29.2 Å². The number of likely N-dealkylation sites (tertiary alicyclic amines) is 1. The topological polar surface area (TPSA) is 108 Å². The summed E-state index contributed by atoms with van der Waals surface area (Å²) in [5.41, 5.74) is 8.07. The van der Waals surface area contributed by atoms with Crippen LogP contribution in [-0.4, -0.2) is 45.8 Å². The van der Waals surface area contributed by atoms with Gasteiger partial charge in [-0.05, 0) is 31.9 Å². The first-order valence-electron chi connectivity index (χ1n) is 9.79. The Labute approximate surface area is 172 Å². The van der Waals surface area contributed by atoms with Crippen LogP contribution in [0.25, 0.3) is 11.2 Å². The predicted molar refractivity (Wildman–Crippen MR) is 110 cm³/mol. The maximum absolute atomic E-state index is 13.5. The van der Waals surface area contributed by atoms with Gasteiger partial charge in [0, 0.05) is 18.3 Å². The molecule has 0 radical (unpaired) electrons. The molecule has 1 saturated heterocycles. The van der Waals surface area contributed by atoms with Crippen LogP contribution >= 0.6 is 0 Å². The SMILES string of the molecule is C[C@@H]1CC[C@@H](Oc2ccnc3ocnc23)CN1C(=O)c1ccccc1N1NC=NN1. The number of piperidine rings is 1. The van der Waals surface area contributed by atoms with Gasteiger partial charge in [-0.15, -0.1) is 5.10 Å². The summed E-state index contributed by atoms with van der Waals surface area (Å²) in [6, 6.07) is 9.29. The summed E-state index contributed by atoms with van der Waals surface area (Å²) in [5.74, 6) is 0.562. The highest BCUT2D eigenvalue weighted by Gasteiger charge is 2.33. The Morgan fingerprint density at radius 3 is 3.00 bits per heavy atom. The van der Waals surface area contributed by atoms with Crippen molar-refractivity contribution in [3.63, 3.8) is 0 Å². The summed E-state index contributed by atoms with van der Waals surface area (Å²) >= 11 is 0. The van der Waals surface area contributed by atoms with Crippen LogP contribution in [-0.2, 0) is 0 Å². The van der Waals surface area contributed by atoms with E-state index in [9.17, 15) is 4.79 Å². The molecule has 2 atom stereocenters. The molecule has 2 aliphatic heterocycles. The van der Waals surface area contributed by atoms with Crippen molar-refractivity contribution in [3.05, 3.63) is 48.5 Å². The first-order chi connectivity index (χ1) is 14.7. The number of hydrazine groups is 2. The molecule has 1 fully saturated rings. The lowest BCUT2D eigenvalue weighted by atomic mass is 9.99. The van der Waals surface area contributed by atoms with E-state index in [-0.39, 0.29) is 18.1 Å². The molecular weight excluding hydrogens is 386 g/mol. The van der Waals surface area contributed by atoms with Gasteiger partial charge in [0.15, 0.2) is 17.7 Å². The minimum atomic E-state index is -0.147. The second-order valence-corrected chi connectivity index (χ2v) is 7.28. The molecule has 0 saturated carbocycles. The van der Waals surface area contributed by atoms with Gasteiger partial charge in [0.05, 0.1) is 17.8 Å². The Bertz CT molecular complexity index is 1090. The van der Waals surface area contributed by atoms with Gasteiger partial charge in [0.25, 0.3) is 11.6 Å². The molecule has 0 bridgehead atoms. The number of hydrogen-bond acceptors (Lipinski definition) is 9. The number of aromatic nitrogens is 2. The minimum Gasteiger partial charge on any atom is -0.486 e. The van der Waals surface area contributed by atoms with Crippen molar-refractivity contribution in [2.24, 2.45) is 5.10 Å². The summed E-state index contributed by atoms with van der Waals surface area (Å²) in [4.78, 5) is 23.7. The molecular formula is C20H21N7O3. The highest BCUT2D eigenvalue weighted by Crippen LogP contribution is 2.29. The Morgan fingerprint density at radius 1 is 1.23 bits per heavy atom. The number of hydrogen-bond donors (Lipinski definition) is 2. The van der Waals surface area contributed by atoms with Gasteiger partial charge in [-0.25, -0.2) is 9.97 Å². The molecule has 4 heterocycles. The van der Waals surface area contributed by atoms with Crippen LogP contribution in [0.1, 0.15) is 30.1 Å². The molecule has 1 aromatic carbocycles. The number of carbonyl (C=O) groups is 1. The highest BCUT2D eigenvalue weighted by atomic mass is 16.5. The number of benzene rings is 1. The second-order valence-electron chi connectivity index (χ2n) is 7.28. The molecule has 5 rings (SSSR count). The molecule has 10 heteroatoms. The van der Waals surface area contributed by atoms with Crippen LogP contribution in [0.15, 0.2) is 52.4 Å². The lowest BCUT2D eigenvalue weighted by Crippen LogP contribution is -2.50. The summed E-state index contributed by atoms with van der Waals surface area (Å²) in [7, 11) is 0. The first kappa shape index (κ1) is 18.2. The summed E-state index contributed by atoms with van der Waals surface area (Å²) in [6.45, 7) is 2.54. The zero-order valence-electron chi connectivity index (χ0n) is 16.4. The Balaban J connectivity index is 1.37.